The molecule has 2 saturated heterocycles. The molecule has 0 amide bonds. The molecule has 2 aliphatic rings. The molecule has 2 fully saturated rings. The average molecular weight is 291 g/mol. The third-order valence-corrected chi connectivity index (χ3v) is 4.66. The SMILES string of the molecule is Cc1ccccc1OC[C@]1(O)CCN(C2CCOCC2)C1. The third kappa shape index (κ3) is 3.57. The summed E-state index contributed by atoms with van der Waals surface area (Å²) in [7, 11) is 0. The average Bonchev–Trinajstić information content (AvgIpc) is 2.90. The van der Waals surface area contributed by atoms with Crippen LogP contribution in [0.25, 0.3) is 0 Å². The summed E-state index contributed by atoms with van der Waals surface area (Å²) >= 11 is 0. The summed E-state index contributed by atoms with van der Waals surface area (Å²) in [5, 5.41) is 10.7. The van der Waals surface area contributed by atoms with E-state index in [2.05, 4.69) is 4.90 Å². The molecular formula is C17H25NO3. The number of hydrogen-bond donors (Lipinski definition) is 1. The lowest BCUT2D eigenvalue weighted by atomic mass is 10.0. The van der Waals surface area contributed by atoms with Crippen molar-refractivity contribution >= 4 is 0 Å². The Balaban J connectivity index is 1.55. The van der Waals surface area contributed by atoms with Crippen molar-refractivity contribution < 1.29 is 14.6 Å². The minimum Gasteiger partial charge on any atom is -0.490 e. The number of aliphatic hydroxyl groups is 1. The first-order valence-corrected chi connectivity index (χ1v) is 7.89. The number of benzene rings is 1. The summed E-state index contributed by atoms with van der Waals surface area (Å²) in [5.41, 5.74) is 0.390. The molecule has 1 aromatic carbocycles. The molecular weight excluding hydrogens is 266 g/mol. The largest absolute Gasteiger partial charge is 0.490 e. The Morgan fingerprint density at radius 1 is 1.33 bits per heavy atom. The van der Waals surface area contributed by atoms with Gasteiger partial charge in [-0.15, -0.1) is 0 Å². The van der Waals surface area contributed by atoms with Gasteiger partial charge in [0, 0.05) is 32.3 Å². The zero-order valence-corrected chi connectivity index (χ0v) is 12.8. The Hall–Kier alpha value is -1.10. The molecule has 1 N–H and O–H groups in total. The smallest absolute Gasteiger partial charge is 0.122 e. The van der Waals surface area contributed by atoms with Crippen LogP contribution in [0.4, 0.5) is 0 Å². The minimum absolute atomic E-state index is 0.373. The van der Waals surface area contributed by atoms with E-state index in [0.717, 1.165) is 50.3 Å². The molecule has 1 aromatic rings. The first-order chi connectivity index (χ1) is 10.2. The van der Waals surface area contributed by atoms with E-state index in [1.807, 2.05) is 31.2 Å². The molecule has 1 atom stereocenters. The van der Waals surface area contributed by atoms with Gasteiger partial charge < -0.3 is 14.6 Å². The first kappa shape index (κ1) is 14.8. The molecule has 2 heterocycles. The Morgan fingerprint density at radius 3 is 2.86 bits per heavy atom. The normalized spacial score (nSPS) is 27.9. The number of likely N-dealkylation sites (tertiary alicyclic amines) is 1. The minimum atomic E-state index is -0.722. The van der Waals surface area contributed by atoms with Crippen molar-refractivity contribution in [3.63, 3.8) is 0 Å². The van der Waals surface area contributed by atoms with Crippen molar-refractivity contribution in [2.24, 2.45) is 0 Å². The van der Waals surface area contributed by atoms with Gasteiger partial charge in [-0.1, -0.05) is 18.2 Å². The van der Waals surface area contributed by atoms with E-state index in [0.29, 0.717) is 19.2 Å². The van der Waals surface area contributed by atoms with Gasteiger partial charge in [-0.2, -0.15) is 0 Å². The van der Waals surface area contributed by atoms with Gasteiger partial charge in [0.15, 0.2) is 0 Å². The number of para-hydroxylation sites is 1. The van der Waals surface area contributed by atoms with Gasteiger partial charge in [-0.25, -0.2) is 0 Å². The van der Waals surface area contributed by atoms with E-state index in [1.165, 1.54) is 0 Å². The van der Waals surface area contributed by atoms with E-state index >= 15 is 0 Å². The molecule has 3 rings (SSSR count). The Kier molecular flexibility index (Phi) is 4.48. The van der Waals surface area contributed by atoms with Crippen molar-refractivity contribution in [1.82, 2.24) is 4.90 Å². The fourth-order valence-electron chi connectivity index (χ4n) is 3.30. The zero-order valence-electron chi connectivity index (χ0n) is 12.8. The van der Waals surface area contributed by atoms with E-state index in [9.17, 15) is 5.11 Å². The van der Waals surface area contributed by atoms with Crippen LogP contribution < -0.4 is 4.74 Å². The molecule has 0 aliphatic carbocycles. The van der Waals surface area contributed by atoms with Crippen LogP contribution in [0.3, 0.4) is 0 Å². The lowest BCUT2D eigenvalue weighted by Crippen LogP contribution is -2.43. The number of ether oxygens (including phenoxy) is 2. The van der Waals surface area contributed by atoms with Crippen molar-refractivity contribution in [3.8, 4) is 5.75 Å². The highest BCUT2D eigenvalue weighted by Crippen LogP contribution is 2.28. The van der Waals surface area contributed by atoms with Crippen molar-refractivity contribution in [1.29, 1.82) is 0 Å². The van der Waals surface area contributed by atoms with Crippen molar-refractivity contribution in [3.05, 3.63) is 29.8 Å². The second-order valence-corrected chi connectivity index (χ2v) is 6.34. The molecule has 4 heteroatoms. The van der Waals surface area contributed by atoms with Crippen LogP contribution in [0.1, 0.15) is 24.8 Å². The summed E-state index contributed by atoms with van der Waals surface area (Å²) in [5.74, 6) is 0.871. The second kappa shape index (κ2) is 6.34. The predicted octanol–water partition coefficient (Wildman–Crippen LogP) is 1.99. The lowest BCUT2D eigenvalue weighted by Gasteiger charge is -2.32. The maximum atomic E-state index is 10.7. The molecule has 2 aliphatic heterocycles. The highest BCUT2D eigenvalue weighted by Gasteiger charge is 2.39. The van der Waals surface area contributed by atoms with Gasteiger partial charge in [-0.05, 0) is 37.8 Å². The standard InChI is InChI=1S/C17H25NO3/c1-14-4-2-3-5-16(14)21-13-17(19)8-9-18(12-17)15-6-10-20-11-7-15/h2-5,15,19H,6-13H2,1H3/t17-/m0/s1. The van der Waals surface area contributed by atoms with Crippen LogP contribution in [-0.2, 0) is 4.74 Å². The molecule has 0 unspecified atom stereocenters. The molecule has 0 spiro atoms. The maximum Gasteiger partial charge on any atom is 0.122 e. The fourth-order valence-corrected chi connectivity index (χ4v) is 3.30. The van der Waals surface area contributed by atoms with Crippen LogP contribution in [0.5, 0.6) is 5.75 Å². The second-order valence-electron chi connectivity index (χ2n) is 6.34. The summed E-state index contributed by atoms with van der Waals surface area (Å²) in [4.78, 5) is 2.41. The zero-order chi connectivity index (χ0) is 14.7. The fraction of sp³-hybridized carbons (Fsp3) is 0.647. The molecule has 0 saturated carbocycles. The van der Waals surface area contributed by atoms with Gasteiger partial charge in [0.25, 0.3) is 0 Å². The highest BCUT2D eigenvalue weighted by molar-refractivity contribution is 5.31. The number of β-amino-alcohol motifs (C(OH)–C–C–N with tert-alkyl or cyclic N) is 1. The Morgan fingerprint density at radius 2 is 2.10 bits per heavy atom. The van der Waals surface area contributed by atoms with Gasteiger partial charge in [-0.3, -0.25) is 4.90 Å². The quantitative estimate of drug-likeness (QED) is 0.921. The summed E-state index contributed by atoms with van der Waals surface area (Å²) in [6.07, 6.45) is 2.94. The van der Waals surface area contributed by atoms with Crippen LogP contribution in [0.2, 0.25) is 0 Å². The third-order valence-electron chi connectivity index (χ3n) is 4.66. The Labute approximate surface area is 126 Å². The summed E-state index contributed by atoms with van der Waals surface area (Å²) in [6.45, 7) is 5.76. The van der Waals surface area contributed by atoms with Crippen molar-refractivity contribution in [2.75, 3.05) is 32.9 Å². The monoisotopic (exact) mass is 291 g/mol. The predicted molar refractivity (Wildman–Crippen MR) is 81.7 cm³/mol. The first-order valence-electron chi connectivity index (χ1n) is 7.89. The van der Waals surface area contributed by atoms with Gasteiger partial charge in [0.05, 0.1) is 0 Å². The summed E-state index contributed by atoms with van der Waals surface area (Å²) < 4.78 is 11.3. The van der Waals surface area contributed by atoms with E-state index in [-0.39, 0.29) is 0 Å². The molecule has 116 valence electrons. The van der Waals surface area contributed by atoms with Crippen LogP contribution in [0, 0.1) is 6.92 Å². The van der Waals surface area contributed by atoms with E-state index in [4.69, 9.17) is 9.47 Å². The van der Waals surface area contributed by atoms with Gasteiger partial charge >= 0.3 is 0 Å². The maximum absolute atomic E-state index is 10.7. The number of hydrogen-bond acceptors (Lipinski definition) is 4. The van der Waals surface area contributed by atoms with Crippen LogP contribution >= 0.6 is 0 Å². The Bertz CT molecular complexity index is 473. The summed E-state index contributed by atoms with van der Waals surface area (Å²) in [6, 6.07) is 8.52. The van der Waals surface area contributed by atoms with Gasteiger partial charge in [0.1, 0.15) is 18.0 Å². The molecule has 0 radical (unpaired) electrons. The van der Waals surface area contributed by atoms with Crippen LogP contribution in [-0.4, -0.2) is 54.6 Å². The lowest BCUT2D eigenvalue weighted by molar-refractivity contribution is -0.0101. The molecule has 4 nitrogen and oxygen atoms in total. The van der Waals surface area contributed by atoms with Crippen LogP contribution in [0.15, 0.2) is 24.3 Å². The number of nitrogens with zero attached hydrogens (tertiary/aromatic N) is 1. The molecule has 0 bridgehead atoms. The molecule has 0 aromatic heterocycles. The van der Waals surface area contributed by atoms with E-state index < -0.39 is 5.60 Å². The van der Waals surface area contributed by atoms with E-state index in [1.54, 1.807) is 0 Å². The highest BCUT2D eigenvalue weighted by atomic mass is 16.5. The molecule has 21 heavy (non-hydrogen) atoms. The van der Waals surface area contributed by atoms with Gasteiger partial charge in [0.2, 0.25) is 0 Å². The number of aryl methyl sites for hydroxylation is 1. The van der Waals surface area contributed by atoms with Crippen molar-refractivity contribution in [2.45, 2.75) is 37.8 Å². The number of rotatable bonds is 4. The topological polar surface area (TPSA) is 41.9 Å².